The number of anilines is 2. The highest BCUT2D eigenvalue weighted by Crippen LogP contribution is 2.65. The molecule has 4 aromatic heterocycles. The molecule has 7 heterocycles. The third-order valence-corrected chi connectivity index (χ3v) is 15.3. The second kappa shape index (κ2) is 18.2. The van der Waals surface area contributed by atoms with Crippen molar-refractivity contribution in [3.63, 3.8) is 0 Å². The predicted molar refractivity (Wildman–Crippen MR) is 230 cm³/mol. The summed E-state index contributed by atoms with van der Waals surface area (Å²) in [6, 6.07) is 12.8. The first-order valence-electron chi connectivity index (χ1n) is 20.0. The maximum absolute atomic E-state index is 16.9. The molecule has 3 fully saturated rings. The van der Waals surface area contributed by atoms with Crippen LogP contribution in [0.4, 0.5) is 20.5 Å². The topological polar surface area (TPSA) is 284 Å². The Balaban J connectivity index is 0.981. The van der Waals surface area contributed by atoms with Crippen molar-refractivity contribution in [3.8, 4) is 11.5 Å². The minimum Gasteiger partial charge on any atom is -0.494 e. The van der Waals surface area contributed by atoms with Gasteiger partial charge in [-0.3, -0.25) is 32.5 Å². The highest BCUT2D eigenvalue weighted by Gasteiger charge is 2.54. The molecule has 0 amide bonds. The van der Waals surface area contributed by atoms with Gasteiger partial charge in [-0.05, 0) is 59.8 Å². The molecule has 3 aliphatic heterocycles. The molecule has 6 aromatic rings. The molecule has 5 N–H and O–H groups in total. The first kappa shape index (κ1) is 44.9. The lowest BCUT2D eigenvalue weighted by molar-refractivity contribution is -0.0546. The van der Waals surface area contributed by atoms with E-state index in [0.717, 1.165) is 31.2 Å². The fraction of sp³-hybridized carbons (Fsp3) is 0.378. The maximum Gasteiger partial charge on any atom is 0.389 e. The van der Waals surface area contributed by atoms with Crippen molar-refractivity contribution in [1.82, 2.24) is 39.0 Å². The van der Waals surface area contributed by atoms with E-state index < -0.39 is 88.2 Å². The molecule has 0 spiro atoms. The number of nitrogen functional groups attached to an aromatic ring is 2. The van der Waals surface area contributed by atoms with Gasteiger partial charge in [0, 0.05) is 5.75 Å². The van der Waals surface area contributed by atoms with Gasteiger partial charge < -0.3 is 39.5 Å². The van der Waals surface area contributed by atoms with Crippen LogP contribution in [0.2, 0.25) is 0 Å². The molecule has 0 saturated carbocycles. The van der Waals surface area contributed by atoms with Crippen molar-refractivity contribution in [2.24, 2.45) is 0 Å². The molecule has 3 saturated heterocycles. The Morgan fingerprint density at radius 3 is 2.20 bits per heavy atom. The maximum atomic E-state index is 16.9. The molecular formula is C37H39BF2N10O12P2S. The molecule has 65 heavy (non-hydrogen) atoms. The molecule has 28 heteroatoms. The number of fused-ring (bicyclic) bond motifs is 4. The number of hydrogen-bond acceptors (Lipinski definition) is 20. The van der Waals surface area contributed by atoms with E-state index in [-0.39, 0.29) is 45.6 Å². The zero-order valence-corrected chi connectivity index (χ0v) is 36.9. The standard InChI is InChI=1S/C37H39BF2N10O12P2S/c1-2-11-55-20-9-5-19(6-10-20)36(52)58-21-7-3-18(4-8-21)14-65-64(54)57-13-23-28(24(39)35(60-23)50-17-46-27-32(50)47-37(42)48-33(27)51)61-63(38,53)56-12-22-29(62-64)25(40)34(59-22)49-16-45-26-30(41)43-15-44-31(26)49/h3-10,15-17,22-25,28-29,34-35H,2,11-14,38H2,1H3,(H2,41,43,44)(H3,42,47,48,51)/t22-,23-,24-,25-,28-,29-,34-,35-,63+,64-/m1/s1. The number of benzene rings is 2. The van der Waals surface area contributed by atoms with Crippen molar-refractivity contribution < 1.29 is 59.7 Å². The van der Waals surface area contributed by atoms with Gasteiger partial charge in [0.15, 0.2) is 47.4 Å². The Hall–Kier alpha value is -5.30. The van der Waals surface area contributed by atoms with Crippen LogP contribution in [-0.2, 0) is 42.5 Å². The van der Waals surface area contributed by atoms with Gasteiger partial charge in [0.05, 0.1) is 38.0 Å². The second-order valence-electron chi connectivity index (χ2n) is 15.0. The van der Waals surface area contributed by atoms with Gasteiger partial charge in [-0.1, -0.05) is 19.1 Å². The van der Waals surface area contributed by atoms with E-state index in [1.165, 1.54) is 23.0 Å². The number of nitrogens with one attached hydrogen (secondary N) is 1. The van der Waals surface area contributed by atoms with Crippen LogP contribution in [0.3, 0.4) is 0 Å². The molecule has 0 unspecified atom stereocenters. The van der Waals surface area contributed by atoms with Crippen molar-refractivity contribution >= 4 is 73.3 Å². The smallest absolute Gasteiger partial charge is 0.389 e. The zero-order chi connectivity index (χ0) is 45.6. The van der Waals surface area contributed by atoms with Crippen molar-refractivity contribution in [1.29, 1.82) is 0 Å². The summed E-state index contributed by atoms with van der Waals surface area (Å²) in [4.78, 5) is 48.1. The minimum absolute atomic E-state index is 0.0252. The number of hydrogen-bond donors (Lipinski definition) is 3. The molecule has 22 nitrogen and oxygen atoms in total. The van der Waals surface area contributed by atoms with E-state index in [4.69, 9.17) is 48.5 Å². The number of ether oxygens (including phenoxy) is 4. The molecule has 10 atom stereocenters. The van der Waals surface area contributed by atoms with Crippen LogP contribution < -0.4 is 26.5 Å². The predicted octanol–water partition coefficient (Wildman–Crippen LogP) is 4.20. The Bertz CT molecular complexity index is 2880. The van der Waals surface area contributed by atoms with Crippen LogP contribution in [0.15, 0.2) is 72.3 Å². The average Bonchev–Trinajstić information content (AvgIpc) is 4.05. The Morgan fingerprint density at radius 2 is 1.51 bits per heavy atom. The quantitative estimate of drug-likeness (QED) is 0.0750. The van der Waals surface area contributed by atoms with E-state index >= 15 is 8.78 Å². The minimum atomic E-state index is -4.56. The SMILES string of the molecule is B[P@]1(=O)OC[C@H]2O[C@@H](n3cnc4c(N)ncnc43)[C@H](F)[C@@H]2O[P@](=O)(SCc2ccc(OC(=O)c3ccc(OCCC)cc3)cc2)OC[C@H]2O[C@@H](n3cnc4c(=O)[nH]c(N)nc43)[C@H](F)[C@@H]2O1. The normalized spacial score (nSPS) is 29.5. The monoisotopic (exact) mass is 958 g/mol. The molecule has 0 radical (unpaired) electrons. The van der Waals surface area contributed by atoms with Crippen LogP contribution in [0.25, 0.3) is 22.3 Å². The van der Waals surface area contributed by atoms with Gasteiger partial charge in [-0.25, -0.2) is 38.1 Å². The van der Waals surface area contributed by atoms with E-state index in [9.17, 15) is 18.7 Å². The molecule has 0 aliphatic carbocycles. The fourth-order valence-corrected chi connectivity index (χ4v) is 11.9. The van der Waals surface area contributed by atoms with E-state index in [0.29, 0.717) is 34.9 Å². The number of aromatic amines is 1. The summed E-state index contributed by atoms with van der Waals surface area (Å²) in [7, 11) is -3.16. The molecule has 3 aliphatic rings. The number of carbonyl (C=O) groups excluding carboxylic acids is 1. The van der Waals surface area contributed by atoms with Crippen LogP contribution in [0.5, 0.6) is 11.5 Å². The average molecular weight is 959 g/mol. The Labute approximate surface area is 371 Å². The Morgan fingerprint density at radius 1 is 0.877 bits per heavy atom. The van der Waals surface area contributed by atoms with Crippen molar-refractivity contribution in [3.05, 3.63) is 89.0 Å². The first-order chi connectivity index (χ1) is 31.2. The number of halogens is 2. The molecule has 342 valence electrons. The highest BCUT2D eigenvalue weighted by molar-refractivity contribution is 8.54. The van der Waals surface area contributed by atoms with E-state index in [1.54, 1.807) is 36.4 Å². The summed E-state index contributed by atoms with van der Waals surface area (Å²) in [5.74, 6) is -0.0765. The van der Waals surface area contributed by atoms with Gasteiger partial charge in [0.25, 0.3) is 20.6 Å². The van der Waals surface area contributed by atoms with Crippen LogP contribution >= 0.6 is 25.7 Å². The second-order valence-corrected chi connectivity index (χ2v) is 21.0. The number of carbonyl (C=O) groups is 1. The summed E-state index contributed by atoms with van der Waals surface area (Å²) in [6.07, 6.45) is -9.26. The third kappa shape index (κ3) is 9.27. The number of rotatable bonds is 10. The largest absolute Gasteiger partial charge is 0.494 e. The number of aromatic nitrogens is 8. The number of nitrogens with two attached hydrogens (primary N) is 2. The molecule has 9 rings (SSSR count). The summed E-state index contributed by atoms with van der Waals surface area (Å²) in [5.41, 5.74) is 11.9. The van der Waals surface area contributed by atoms with Gasteiger partial charge >= 0.3 is 12.8 Å². The number of nitrogens with zero attached hydrogens (tertiary/aromatic N) is 7. The summed E-state index contributed by atoms with van der Waals surface area (Å²) in [5, 5.41) is 0. The number of esters is 1. The molecule has 0 bridgehead atoms. The summed E-state index contributed by atoms with van der Waals surface area (Å²) in [6.45, 7) is -3.41. The van der Waals surface area contributed by atoms with Gasteiger partial charge in [0.1, 0.15) is 47.8 Å². The van der Waals surface area contributed by atoms with Gasteiger partial charge in [-0.2, -0.15) is 4.98 Å². The first-order valence-corrected chi connectivity index (χ1v) is 25.1. The summed E-state index contributed by atoms with van der Waals surface area (Å²) < 4.78 is 112. The lowest BCUT2D eigenvalue weighted by Crippen LogP contribution is -2.37. The van der Waals surface area contributed by atoms with Crippen LogP contribution in [-0.4, -0.2) is 109 Å². The van der Waals surface area contributed by atoms with Gasteiger partial charge in [0.2, 0.25) is 5.95 Å². The summed E-state index contributed by atoms with van der Waals surface area (Å²) >= 11 is 0.669. The third-order valence-electron chi connectivity index (χ3n) is 10.4. The van der Waals surface area contributed by atoms with Crippen LogP contribution in [0.1, 0.15) is 41.7 Å². The highest BCUT2D eigenvalue weighted by atomic mass is 32.7. The number of alkyl halides is 2. The van der Waals surface area contributed by atoms with Gasteiger partial charge in [-0.15, -0.1) is 0 Å². The van der Waals surface area contributed by atoms with Crippen molar-refractivity contribution in [2.45, 2.75) is 68.3 Å². The van der Waals surface area contributed by atoms with Crippen molar-refractivity contribution in [2.75, 3.05) is 31.3 Å². The number of imidazole rings is 2. The zero-order valence-electron chi connectivity index (χ0n) is 34.2. The fourth-order valence-electron chi connectivity index (χ4n) is 7.29. The van der Waals surface area contributed by atoms with E-state index in [1.807, 2.05) is 6.92 Å². The van der Waals surface area contributed by atoms with E-state index in [2.05, 4.69) is 29.9 Å². The lowest BCUT2D eigenvalue weighted by Gasteiger charge is -2.30. The van der Waals surface area contributed by atoms with Crippen LogP contribution in [0, 0.1) is 0 Å². The molecule has 2 aromatic carbocycles. The lowest BCUT2D eigenvalue weighted by atomic mass is 10.1. The number of H-pyrrole nitrogens is 1. The Kier molecular flexibility index (Phi) is 12.6. The molecular weight excluding hydrogens is 919 g/mol.